The van der Waals surface area contributed by atoms with E-state index in [0.29, 0.717) is 32.5 Å². The topological polar surface area (TPSA) is 65.1 Å². The molecule has 0 spiro atoms. The molecule has 1 amide bonds. The van der Waals surface area contributed by atoms with Gasteiger partial charge in [-0.25, -0.2) is 0 Å². The van der Waals surface area contributed by atoms with Gasteiger partial charge in [0.1, 0.15) is 11.5 Å². The second-order valence-electron chi connectivity index (χ2n) is 6.40. The summed E-state index contributed by atoms with van der Waals surface area (Å²) in [6, 6.07) is 7.37. The highest BCUT2D eigenvalue weighted by Gasteiger charge is 2.15. The fourth-order valence-electron chi connectivity index (χ4n) is 2.66. The molecule has 6 nitrogen and oxygen atoms in total. The quantitative estimate of drug-likeness (QED) is 0.363. The third-order valence-corrected chi connectivity index (χ3v) is 4.31. The Labute approximate surface area is 162 Å². The second-order valence-corrected chi connectivity index (χ2v) is 6.40. The Bertz CT molecular complexity index is 544. The molecule has 0 unspecified atom stereocenters. The van der Waals surface area contributed by atoms with E-state index in [0.717, 1.165) is 37.2 Å². The minimum atomic E-state index is -0.288. The second kappa shape index (κ2) is 13.9. The van der Waals surface area contributed by atoms with E-state index in [1.165, 1.54) is 7.11 Å². The number of rotatable bonds is 14. The number of amides is 1. The normalized spacial score (nSPS) is 10.3. The molecule has 0 fully saturated rings. The average Bonchev–Trinajstić information content (AvgIpc) is 2.70. The van der Waals surface area contributed by atoms with Gasteiger partial charge in [-0.05, 0) is 37.1 Å². The summed E-state index contributed by atoms with van der Waals surface area (Å²) in [6.45, 7) is 3.73. The maximum absolute atomic E-state index is 12.5. The van der Waals surface area contributed by atoms with Crippen LogP contribution in [0.5, 0.6) is 11.5 Å². The van der Waals surface area contributed by atoms with Crippen LogP contribution in [0.3, 0.4) is 0 Å². The third kappa shape index (κ3) is 9.87. The van der Waals surface area contributed by atoms with Crippen molar-refractivity contribution in [2.45, 2.75) is 51.9 Å². The lowest BCUT2D eigenvalue weighted by Gasteiger charge is -2.22. The lowest BCUT2D eigenvalue weighted by Crippen LogP contribution is -2.34. The molecule has 152 valence electrons. The van der Waals surface area contributed by atoms with Gasteiger partial charge < -0.3 is 19.1 Å². The van der Waals surface area contributed by atoms with Crippen molar-refractivity contribution in [1.29, 1.82) is 0 Å². The first-order valence-corrected chi connectivity index (χ1v) is 9.72. The lowest BCUT2D eigenvalue weighted by molar-refractivity contribution is -0.141. The largest absolute Gasteiger partial charge is 0.497 e. The summed E-state index contributed by atoms with van der Waals surface area (Å²) < 4.78 is 15.5. The molecule has 0 aliphatic carbocycles. The number of hydrogen-bond acceptors (Lipinski definition) is 5. The highest BCUT2D eigenvalue weighted by atomic mass is 16.5. The van der Waals surface area contributed by atoms with Crippen molar-refractivity contribution in [3.63, 3.8) is 0 Å². The molecular formula is C21H33NO5. The maximum Gasteiger partial charge on any atom is 0.307 e. The number of carbonyl (C=O) groups excluding carboxylic acids is 2. The van der Waals surface area contributed by atoms with Crippen molar-refractivity contribution in [3.05, 3.63) is 24.3 Å². The fraction of sp³-hybridized carbons (Fsp3) is 0.619. The number of methoxy groups -OCH3 is 2. The van der Waals surface area contributed by atoms with E-state index >= 15 is 0 Å². The van der Waals surface area contributed by atoms with Crippen LogP contribution in [0.4, 0.5) is 0 Å². The van der Waals surface area contributed by atoms with E-state index in [1.54, 1.807) is 12.0 Å². The first-order valence-electron chi connectivity index (χ1n) is 9.72. The molecule has 0 radical (unpaired) electrons. The Morgan fingerprint density at radius 2 is 1.59 bits per heavy atom. The molecule has 0 atom stereocenters. The Kier molecular flexibility index (Phi) is 11.7. The van der Waals surface area contributed by atoms with E-state index in [4.69, 9.17) is 9.47 Å². The van der Waals surface area contributed by atoms with Crippen LogP contribution < -0.4 is 9.47 Å². The summed E-state index contributed by atoms with van der Waals surface area (Å²) >= 11 is 0. The number of hydrogen-bond donors (Lipinski definition) is 0. The van der Waals surface area contributed by atoms with Crippen LogP contribution in [0, 0.1) is 0 Å². The van der Waals surface area contributed by atoms with Gasteiger partial charge >= 0.3 is 5.97 Å². The summed E-state index contributed by atoms with van der Waals surface area (Å²) in [5, 5.41) is 0. The van der Waals surface area contributed by atoms with Crippen molar-refractivity contribution >= 4 is 11.9 Å². The molecule has 0 saturated carbocycles. The lowest BCUT2D eigenvalue weighted by atomic mass is 10.2. The van der Waals surface area contributed by atoms with Gasteiger partial charge in [0.05, 0.1) is 27.2 Å². The summed E-state index contributed by atoms with van der Waals surface area (Å²) in [5.41, 5.74) is 0. The van der Waals surface area contributed by atoms with Crippen molar-refractivity contribution in [3.8, 4) is 11.5 Å². The predicted molar refractivity (Wildman–Crippen MR) is 105 cm³/mol. The molecule has 1 aromatic rings. The number of unbranched alkanes of at least 4 members (excludes halogenated alkanes) is 3. The minimum Gasteiger partial charge on any atom is -0.497 e. The number of carbonyl (C=O) groups is 2. The predicted octanol–water partition coefficient (Wildman–Crippen LogP) is 3.83. The van der Waals surface area contributed by atoms with Crippen LogP contribution in [0.1, 0.15) is 51.9 Å². The molecule has 0 N–H and O–H groups in total. The molecule has 0 aliphatic heterocycles. The van der Waals surface area contributed by atoms with Gasteiger partial charge in [-0.2, -0.15) is 0 Å². The van der Waals surface area contributed by atoms with Crippen LogP contribution in [0.2, 0.25) is 0 Å². The zero-order valence-electron chi connectivity index (χ0n) is 16.9. The first-order chi connectivity index (χ1) is 13.1. The number of esters is 1. The van der Waals surface area contributed by atoms with Gasteiger partial charge in [-0.15, -0.1) is 0 Å². The molecule has 27 heavy (non-hydrogen) atoms. The summed E-state index contributed by atoms with van der Waals surface area (Å²) in [5.74, 6) is 1.31. The third-order valence-electron chi connectivity index (χ3n) is 4.31. The Morgan fingerprint density at radius 1 is 0.889 bits per heavy atom. The van der Waals surface area contributed by atoms with Gasteiger partial charge in [-0.1, -0.05) is 26.2 Å². The zero-order valence-corrected chi connectivity index (χ0v) is 16.9. The van der Waals surface area contributed by atoms with E-state index in [-0.39, 0.29) is 18.3 Å². The molecule has 0 saturated heterocycles. The molecule has 1 aromatic carbocycles. The van der Waals surface area contributed by atoms with Gasteiger partial charge in [0.15, 0.2) is 0 Å². The summed E-state index contributed by atoms with van der Waals surface area (Å²) in [7, 11) is 2.99. The Hall–Kier alpha value is -2.24. The van der Waals surface area contributed by atoms with Crippen LogP contribution >= 0.6 is 0 Å². The fourth-order valence-corrected chi connectivity index (χ4v) is 2.66. The number of benzene rings is 1. The highest BCUT2D eigenvalue weighted by Crippen LogP contribution is 2.17. The van der Waals surface area contributed by atoms with Crippen LogP contribution in [0.25, 0.3) is 0 Å². The van der Waals surface area contributed by atoms with E-state index in [2.05, 4.69) is 11.7 Å². The molecule has 0 aromatic heterocycles. The molecule has 0 aliphatic rings. The highest BCUT2D eigenvalue weighted by molar-refractivity contribution is 5.77. The zero-order chi connectivity index (χ0) is 19.9. The Morgan fingerprint density at radius 3 is 2.22 bits per heavy atom. The van der Waals surface area contributed by atoms with Crippen molar-refractivity contribution in [2.75, 3.05) is 33.9 Å². The van der Waals surface area contributed by atoms with Crippen LogP contribution in [0.15, 0.2) is 24.3 Å². The van der Waals surface area contributed by atoms with E-state index in [9.17, 15) is 9.59 Å². The van der Waals surface area contributed by atoms with E-state index < -0.39 is 0 Å². The van der Waals surface area contributed by atoms with Crippen molar-refractivity contribution in [2.24, 2.45) is 0 Å². The SMILES string of the molecule is CCCCCCN(CCC(=O)OC)C(=O)CCCOc1ccc(OC)cc1. The minimum absolute atomic E-state index is 0.0636. The standard InChI is InChI=1S/C21H33NO5/c1-4-5-6-7-15-22(16-14-21(24)26-3)20(23)9-8-17-27-19-12-10-18(25-2)11-13-19/h10-13H,4-9,14-17H2,1-3H3. The smallest absolute Gasteiger partial charge is 0.307 e. The van der Waals surface area contributed by atoms with Gasteiger partial charge in [0, 0.05) is 19.5 Å². The van der Waals surface area contributed by atoms with Gasteiger partial charge in [-0.3, -0.25) is 9.59 Å². The van der Waals surface area contributed by atoms with Gasteiger partial charge in [0.25, 0.3) is 0 Å². The summed E-state index contributed by atoms with van der Waals surface area (Å²) in [6.07, 6.45) is 5.65. The maximum atomic E-state index is 12.5. The molecular weight excluding hydrogens is 346 g/mol. The van der Waals surface area contributed by atoms with Crippen molar-refractivity contribution in [1.82, 2.24) is 4.90 Å². The first kappa shape index (κ1) is 22.8. The number of nitrogens with zero attached hydrogens (tertiary/aromatic N) is 1. The molecule has 1 rings (SSSR count). The summed E-state index contributed by atoms with van der Waals surface area (Å²) in [4.78, 5) is 25.7. The molecule has 0 bridgehead atoms. The number of ether oxygens (including phenoxy) is 3. The van der Waals surface area contributed by atoms with Crippen LogP contribution in [-0.2, 0) is 14.3 Å². The van der Waals surface area contributed by atoms with Crippen LogP contribution in [-0.4, -0.2) is 50.7 Å². The monoisotopic (exact) mass is 379 g/mol. The van der Waals surface area contributed by atoms with Gasteiger partial charge in [0.2, 0.25) is 5.91 Å². The van der Waals surface area contributed by atoms with Crippen molar-refractivity contribution < 1.29 is 23.8 Å². The molecule has 0 heterocycles. The Balaban J connectivity index is 2.37. The molecule has 6 heteroatoms. The van der Waals surface area contributed by atoms with E-state index in [1.807, 2.05) is 24.3 Å². The average molecular weight is 379 g/mol.